The summed E-state index contributed by atoms with van der Waals surface area (Å²) in [4.78, 5) is 0. The van der Waals surface area contributed by atoms with Crippen molar-refractivity contribution in [2.75, 3.05) is 0 Å². The fourth-order valence-corrected chi connectivity index (χ4v) is 8.17. The molecule has 0 radical (unpaired) electrons. The van der Waals surface area contributed by atoms with Crippen LogP contribution in [0.3, 0.4) is 0 Å². The molecule has 0 fully saturated rings. The Balaban J connectivity index is 2.15. The number of hydrogen-bond donors (Lipinski definition) is 0. The molecule has 2 aromatic carbocycles. The Morgan fingerprint density at radius 1 is 1.06 bits per heavy atom. The predicted molar refractivity (Wildman–Crippen MR) is 70.9 cm³/mol. The van der Waals surface area contributed by atoms with Gasteiger partial charge in [0.2, 0.25) is 0 Å². The standard InChI is InChI=1S/C6H3BrCl2O.C6H5.Hg/c7-4-1-3(8)2-5(9)6(4)10;1-2-4-6-5-3-1;/h1-2,10H;1-5H;/q;;+1/p-1. The zero-order valence-electron chi connectivity index (χ0n) is 8.79. The summed E-state index contributed by atoms with van der Waals surface area (Å²) in [6.07, 6.45) is 0. The summed E-state index contributed by atoms with van der Waals surface area (Å²) in [7, 11) is 0. The van der Waals surface area contributed by atoms with Crippen molar-refractivity contribution < 1.29 is 27.7 Å². The monoisotopic (exact) mass is 518 g/mol. The van der Waals surface area contributed by atoms with E-state index in [-0.39, 0.29) is 0 Å². The quantitative estimate of drug-likeness (QED) is 0.546. The van der Waals surface area contributed by atoms with Crippen molar-refractivity contribution in [2.24, 2.45) is 0 Å². The first kappa shape index (κ1) is 13.7. The summed E-state index contributed by atoms with van der Waals surface area (Å²) in [5, 5.41) is 1.16. The zero-order chi connectivity index (χ0) is 12.3. The van der Waals surface area contributed by atoms with Crippen LogP contribution in [0.15, 0.2) is 46.9 Å². The average Bonchev–Trinajstić information content (AvgIpc) is 2.29. The van der Waals surface area contributed by atoms with Crippen molar-refractivity contribution in [3.05, 3.63) is 57.0 Å². The third-order valence-electron chi connectivity index (χ3n) is 2.19. The van der Waals surface area contributed by atoms with Crippen LogP contribution in [0.5, 0.6) is 5.75 Å². The first-order chi connectivity index (χ1) is 8.16. The van der Waals surface area contributed by atoms with E-state index in [9.17, 15) is 0 Å². The second kappa shape index (κ2) is 6.42. The first-order valence-corrected chi connectivity index (χ1v) is 11.5. The molecule has 1 nitrogen and oxygen atoms in total. The second-order valence-corrected chi connectivity index (χ2v) is 10.6. The Hall–Kier alpha value is 0.235. The van der Waals surface area contributed by atoms with Gasteiger partial charge >= 0.3 is 133 Å². The number of halogens is 3. The Labute approximate surface area is 131 Å². The van der Waals surface area contributed by atoms with Gasteiger partial charge in [-0.3, -0.25) is 0 Å². The summed E-state index contributed by atoms with van der Waals surface area (Å²) >= 11 is 13.8. The summed E-state index contributed by atoms with van der Waals surface area (Å²) < 4.78 is 8.01. The molecule has 0 aliphatic carbocycles. The van der Waals surface area contributed by atoms with Gasteiger partial charge in [0.05, 0.1) is 0 Å². The van der Waals surface area contributed by atoms with Crippen LogP contribution in [0.2, 0.25) is 10.0 Å². The number of hydrogen-bond acceptors (Lipinski definition) is 1. The Morgan fingerprint density at radius 3 is 2.41 bits per heavy atom. The van der Waals surface area contributed by atoms with Gasteiger partial charge in [0.1, 0.15) is 0 Å². The predicted octanol–water partition coefficient (Wildman–Crippen LogP) is 4.46. The molecule has 0 amide bonds. The van der Waals surface area contributed by atoms with E-state index in [1.165, 1.54) is 3.07 Å². The van der Waals surface area contributed by atoms with Crippen LogP contribution < -0.4 is 5.72 Å². The summed E-state index contributed by atoms with van der Waals surface area (Å²) in [5.41, 5.74) is 0. The molecule has 2 aromatic rings. The Kier molecular flexibility index (Phi) is 5.16. The SMILES string of the molecule is Clc1cc(Cl)c([O][Hg][c]2ccccc2)c(Br)c1. The molecule has 0 saturated carbocycles. The van der Waals surface area contributed by atoms with E-state index in [1.54, 1.807) is 12.1 Å². The van der Waals surface area contributed by atoms with Gasteiger partial charge in [-0.15, -0.1) is 0 Å². The third-order valence-corrected chi connectivity index (χ3v) is 8.09. The van der Waals surface area contributed by atoms with Crippen LogP contribution >= 0.6 is 39.1 Å². The van der Waals surface area contributed by atoms with Gasteiger partial charge in [-0.2, -0.15) is 0 Å². The van der Waals surface area contributed by atoms with Crippen LogP contribution in [-0.4, -0.2) is 0 Å². The fraction of sp³-hybridized carbons (Fsp3) is 0. The van der Waals surface area contributed by atoms with E-state index >= 15 is 0 Å². The molecular formula is C12H7BrCl2HgO. The molecule has 0 aromatic heterocycles. The minimum atomic E-state index is -1.60. The Morgan fingerprint density at radius 2 is 1.76 bits per heavy atom. The first-order valence-electron chi connectivity index (χ1n) is 4.98. The molecular weight excluding hydrogens is 512 g/mol. The van der Waals surface area contributed by atoms with Gasteiger partial charge < -0.3 is 0 Å². The molecule has 0 saturated heterocycles. The van der Waals surface area contributed by atoms with Crippen LogP contribution in [0.25, 0.3) is 0 Å². The van der Waals surface area contributed by atoms with Gasteiger partial charge in [0.25, 0.3) is 0 Å². The summed E-state index contributed by atoms with van der Waals surface area (Å²) in [5.74, 6) is 0.710. The molecule has 0 atom stereocenters. The van der Waals surface area contributed by atoms with Crippen molar-refractivity contribution in [2.45, 2.75) is 0 Å². The van der Waals surface area contributed by atoms with Crippen LogP contribution in [0, 0.1) is 0 Å². The molecule has 17 heavy (non-hydrogen) atoms. The van der Waals surface area contributed by atoms with Crippen molar-refractivity contribution in [3.63, 3.8) is 0 Å². The van der Waals surface area contributed by atoms with E-state index in [2.05, 4.69) is 28.1 Å². The number of rotatable bonds is 3. The van der Waals surface area contributed by atoms with Crippen LogP contribution in [-0.2, 0) is 25.0 Å². The molecule has 5 heteroatoms. The van der Waals surface area contributed by atoms with Gasteiger partial charge in [-0.25, -0.2) is 0 Å². The molecule has 0 heterocycles. The van der Waals surface area contributed by atoms with Gasteiger partial charge in [-0.05, 0) is 0 Å². The van der Waals surface area contributed by atoms with Gasteiger partial charge in [-0.1, -0.05) is 0 Å². The molecule has 0 aliphatic rings. The van der Waals surface area contributed by atoms with Crippen LogP contribution in [0.4, 0.5) is 0 Å². The molecule has 0 unspecified atom stereocenters. The molecule has 0 spiro atoms. The van der Waals surface area contributed by atoms with E-state index in [4.69, 9.17) is 25.8 Å². The van der Waals surface area contributed by atoms with Crippen molar-refractivity contribution >= 4 is 42.2 Å². The molecule has 0 bridgehead atoms. The second-order valence-electron chi connectivity index (χ2n) is 3.47. The Bertz CT molecular complexity index is 496. The van der Waals surface area contributed by atoms with Crippen LogP contribution in [0.1, 0.15) is 0 Å². The average molecular weight is 519 g/mol. The topological polar surface area (TPSA) is 9.23 Å². The van der Waals surface area contributed by atoms with Crippen molar-refractivity contribution in [1.82, 2.24) is 0 Å². The van der Waals surface area contributed by atoms with Gasteiger partial charge in [0, 0.05) is 0 Å². The fourth-order valence-electron chi connectivity index (χ4n) is 1.40. The van der Waals surface area contributed by atoms with E-state index in [1.807, 2.05) is 18.2 Å². The van der Waals surface area contributed by atoms with E-state index in [0.29, 0.717) is 15.8 Å². The number of benzene rings is 2. The summed E-state index contributed by atoms with van der Waals surface area (Å²) in [6, 6.07) is 13.7. The van der Waals surface area contributed by atoms with E-state index in [0.717, 1.165) is 4.47 Å². The maximum atomic E-state index is 6.10. The summed E-state index contributed by atoms with van der Waals surface area (Å²) in [6.45, 7) is 0. The normalized spacial score (nSPS) is 9.82. The minimum absolute atomic E-state index is 0.556. The molecule has 0 aliphatic heterocycles. The maximum absolute atomic E-state index is 6.10. The van der Waals surface area contributed by atoms with Crippen molar-refractivity contribution in [3.8, 4) is 5.75 Å². The zero-order valence-corrected chi connectivity index (χ0v) is 17.4. The van der Waals surface area contributed by atoms with Crippen molar-refractivity contribution in [1.29, 1.82) is 0 Å². The molecule has 84 valence electrons. The molecule has 0 N–H and O–H groups in total. The molecule has 2 rings (SSSR count). The third kappa shape index (κ3) is 3.85. The van der Waals surface area contributed by atoms with Gasteiger partial charge in [0.15, 0.2) is 0 Å². The van der Waals surface area contributed by atoms with E-state index < -0.39 is 25.0 Å².